The number of pyridine rings is 1. The zero-order chi connectivity index (χ0) is 34.2. The maximum absolute atomic E-state index is 16.1. The summed E-state index contributed by atoms with van der Waals surface area (Å²) in [6.45, 7) is 9.88. The number of aromatic nitrogens is 3. The van der Waals surface area contributed by atoms with Gasteiger partial charge in [-0.3, -0.25) is 14.2 Å². The van der Waals surface area contributed by atoms with E-state index in [1.165, 1.54) is 29.1 Å². The zero-order valence-electron chi connectivity index (χ0n) is 28.5. The minimum Gasteiger partial charge on any atom is -0.363 e. The lowest BCUT2D eigenvalue weighted by atomic mass is 9.85. The Morgan fingerprint density at radius 3 is 2.35 bits per heavy atom. The number of rotatable bonds is 2. The second-order valence-corrected chi connectivity index (χ2v) is 14.2. The van der Waals surface area contributed by atoms with Crippen molar-refractivity contribution in [3.8, 4) is 0 Å². The number of likely N-dealkylation sites (tertiary alicyclic amines) is 1. The van der Waals surface area contributed by atoms with Crippen LogP contribution in [0.4, 0.5) is 19.0 Å². The van der Waals surface area contributed by atoms with E-state index in [0.717, 1.165) is 45.3 Å². The average molecular weight is 668 g/mol. The number of hydrogen-bond donors (Lipinski definition) is 1. The Balaban J connectivity index is 1.43. The summed E-state index contributed by atoms with van der Waals surface area (Å²) in [7, 11) is 1.75. The highest BCUT2D eigenvalue weighted by Gasteiger charge is 2.45. The second kappa shape index (κ2) is 14.2. The average Bonchev–Trinajstić information content (AvgIpc) is 3.07. The molecule has 12 heteroatoms. The van der Waals surface area contributed by atoms with Crippen LogP contribution in [-0.2, 0) is 17.3 Å². The first-order valence-corrected chi connectivity index (χ1v) is 17.5. The van der Waals surface area contributed by atoms with E-state index < -0.39 is 29.3 Å². The van der Waals surface area contributed by atoms with Gasteiger partial charge in [0.25, 0.3) is 11.5 Å². The third-order valence-corrected chi connectivity index (χ3v) is 10.9. The summed E-state index contributed by atoms with van der Waals surface area (Å²) in [4.78, 5) is 42.9. The molecule has 2 saturated heterocycles. The maximum atomic E-state index is 16.1. The summed E-state index contributed by atoms with van der Waals surface area (Å²) in [5.41, 5.74) is 0.186. The summed E-state index contributed by atoms with van der Waals surface area (Å²) in [6, 6.07) is 5.70. The third-order valence-electron chi connectivity index (χ3n) is 10.9. The van der Waals surface area contributed by atoms with Crippen molar-refractivity contribution in [1.29, 1.82) is 0 Å². The van der Waals surface area contributed by atoms with Crippen molar-refractivity contribution in [2.75, 3.05) is 51.6 Å². The molecule has 4 aliphatic heterocycles. The summed E-state index contributed by atoms with van der Waals surface area (Å²) < 4.78 is 49.4. The molecule has 8 bridgehead atoms. The number of carbonyl (C=O) groups excluding carboxylic acids is 1. The molecule has 1 atom stereocenters. The van der Waals surface area contributed by atoms with E-state index in [9.17, 15) is 9.59 Å². The highest BCUT2D eigenvalue weighted by Crippen LogP contribution is 2.44. The smallest absolute Gasteiger partial charge is 0.278 e. The number of fused-ring (bicyclic) bond motifs is 9. The summed E-state index contributed by atoms with van der Waals surface area (Å²) in [5.74, 6) is -5.05. The minimum absolute atomic E-state index is 0.0160. The SMILES string of the molecule is CC(C)N1CCC(c2cc3c4ncnc3n(c2=O)CC(=O)N(C)CCCCN2CCC(CC2)C(F)(F)c2cccc(c2F)[C@@H](C)N4)CC1. The van der Waals surface area contributed by atoms with Gasteiger partial charge in [-0.1, -0.05) is 18.2 Å². The number of halogens is 3. The lowest BCUT2D eigenvalue weighted by Gasteiger charge is -2.36. The van der Waals surface area contributed by atoms with Crippen molar-refractivity contribution in [2.24, 2.45) is 5.92 Å². The molecule has 4 aliphatic rings. The fraction of sp³-hybridized carbons (Fsp3) is 0.611. The number of nitrogens with one attached hydrogen (secondary N) is 1. The van der Waals surface area contributed by atoms with Gasteiger partial charge in [0.05, 0.1) is 17.0 Å². The number of amides is 1. The van der Waals surface area contributed by atoms with Gasteiger partial charge in [-0.05, 0) is 104 Å². The van der Waals surface area contributed by atoms with Gasteiger partial charge >= 0.3 is 0 Å². The molecule has 6 heterocycles. The Labute approximate surface area is 280 Å². The first-order chi connectivity index (χ1) is 23.0. The molecule has 0 unspecified atom stereocenters. The van der Waals surface area contributed by atoms with Crippen LogP contribution in [0.15, 0.2) is 35.4 Å². The number of benzene rings is 1. The predicted octanol–water partition coefficient (Wildman–Crippen LogP) is 5.75. The number of nitrogens with zero attached hydrogens (tertiary/aromatic N) is 6. The van der Waals surface area contributed by atoms with Crippen LogP contribution in [0.5, 0.6) is 0 Å². The molecular weight excluding hydrogens is 619 g/mol. The Hall–Kier alpha value is -3.51. The fourth-order valence-corrected chi connectivity index (χ4v) is 7.71. The van der Waals surface area contributed by atoms with Crippen molar-refractivity contribution in [2.45, 2.75) is 89.8 Å². The number of hydrogen-bond acceptors (Lipinski definition) is 7. The number of anilines is 1. The maximum Gasteiger partial charge on any atom is 0.278 e. The van der Waals surface area contributed by atoms with E-state index >= 15 is 13.2 Å². The molecule has 9 nitrogen and oxygen atoms in total. The van der Waals surface area contributed by atoms with Crippen LogP contribution >= 0.6 is 0 Å². The minimum atomic E-state index is -3.31. The fourth-order valence-electron chi connectivity index (χ4n) is 7.71. The van der Waals surface area contributed by atoms with Gasteiger partial charge in [0.2, 0.25) is 5.91 Å². The van der Waals surface area contributed by atoms with E-state index in [-0.39, 0.29) is 42.3 Å². The molecular formula is C36H48F3N7O2. The lowest BCUT2D eigenvalue weighted by Crippen LogP contribution is -2.41. The first-order valence-electron chi connectivity index (χ1n) is 17.5. The summed E-state index contributed by atoms with van der Waals surface area (Å²) in [5, 5.41) is 3.78. The van der Waals surface area contributed by atoms with E-state index in [1.807, 2.05) is 6.07 Å². The van der Waals surface area contributed by atoms with Crippen molar-refractivity contribution < 1.29 is 18.0 Å². The number of carbonyl (C=O) groups is 1. The monoisotopic (exact) mass is 667 g/mol. The van der Waals surface area contributed by atoms with Gasteiger partial charge in [0.15, 0.2) is 0 Å². The summed E-state index contributed by atoms with van der Waals surface area (Å²) in [6.07, 6.45) is 5.02. The van der Waals surface area contributed by atoms with Gasteiger partial charge in [-0.25, -0.2) is 23.1 Å². The Morgan fingerprint density at radius 2 is 1.65 bits per heavy atom. The van der Waals surface area contributed by atoms with Crippen molar-refractivity contribution >= 4 is 22.8 Å². The molecule has 3 aromatic rings. The third kappa shape index (κ3) is 6.83. The number of piperidine rings is 2. The van der Waals surface area contributed by atoms with Gasteiger partial charge in [-0.15, -0.1) is 0 Å². The molecule has 1 N–H and O–H groups in total. The van der Waals surface area contributed by atoms with Crippen LogP contribution in [-0.4, -0.2) is 87.5 Å². The second-order valence-electron chi connectivity index (χ2n) is 14.2. The molecule has 48 heavy (non-hydrogen) atoms. The summed E-state index contributed by atoms with van der Waals surface area (Å²) >= 11 is 0. The van der Waals surface area contributed by atoms with Gasteiger partial charge in [0, 0.05) is 36.7 Å². The molecule has 0 aliphatic carbocycles. The highest BCUT2D eigenvalue weighted by atomic mass is 19.3. The van der Waals surface area contributed by atoms with Crippen LogP contribution in [0.25, 0.3) is 11.0 Å². The Bertz CT molecular complexity index is 1680. The molecule has 7 rings (SSSR count). The van der Waals surface area contributed by atoms with E-state index in [4.69, 9.17) is 0 Å². The number of alkyl halides is 2. The van der Waals surface area contributed by atoms with Crippen LogP contribution in [0.1, 0.15) is 87.9 Å². The topological polar surface area (TPSA) is 86.6 Å². The molecule has 1 aromatic carbocycles. The standard InChI is InChI=1S/C36H48F3N7O2/c1-23(2)45-18-10-25(11-19-45)28-20-29-33-40-22-41-34(29)46(35(28)48)21-31(47)43(4)14-5-6-15-44-16-12-26(13-17-44)36(38,39)30-9-7-8-27(32(30)37)24(3)42-33/h7-9,20,22-26H,5-6,10-19,21H2,1-4H3,(H,40,41,42)/t24-/m1/s1. The van der Waals surface area contributed by atoms with Gasteiger partial charge in [0.1, 0.15) is 30.2 Å². The van der Waals surface area contributed by atoms with Gasteiger partial charge < -0.3 is 20.0 Å². The van der Waals surface area contributed by atoms with Crippen molar-refractivity contribution in [1.82, 2.24) is 29.2 Å². The van der Waals surface area contributed by atoms with E-state index in [1.54, 1.807) is 18.9 Å². The van der Waals surface area contributed by atoms with Crippen LogP contribution < -0.4 is 10.9 Å². The molecule has 1 amide bonds. The molecule has 0 radical (unpaired) electrons. The predicted molar refractivity (Wildman–Crippen MR) is 181 cm³/mol. The van der Waals surface area contributed by atoms with Crippen molar-refractivity contribution in [3.63, 3.8) is 0 Å². The van der Waals surface area contributed by atoms with Crippen LogP contribution in [0.2, 0.25) is 0 Å². The normalized spacial score (nSPS) is 25.0. The molecule has 2 aromatic heterocycles. The first kappa shape index (κ1) is 34.4. The largest absolute Gasteiger partial charge is 0.363 e. The molecule has 0 spiro atoms. The molecule has 2 fully saturated rings. The quantitative estimate of drug-likeness (QED) is 0.373. The van der Waals surface area contributed by atoms with Crippen molar-refractivity contribution in [3.05, 3.63) is 63.5 Å². The van der Waals surface area contributed by atoms with E-state index in [0.29, 0.717) is 48.1 Å². The lowest BCUT2D eigenvalue weighted by molar-refractivity contribution is -0.130. The Morgan fingerprint density at radius 1 is 0.938 bits per heavy atom. The van der Waals surface area contributed by atoms with Crippen LogP contribution in [0, 0.1) is 11.7 Å². The zero-order valence-corrected chi connectivity index (χ0v) is 28.5. The molecule has 0 saturated carbocycles. The van der Waals surface area contributed by atoms with Gasteiger partial charge in [-0.2, -0.15) is 0 Å². The van der Waals surface area contributed by atoms with Crippen LogP contribution in [0.3, 0.4) is 0 Å². The number of likely N-dealkylation sites (N-methyl/N-ethyl adjacent to an activating group) is 1. The highest BCUT2D eigenvalue weighted by molar-refractivity contribution is 5.88. The molecule has 260 valence electrons. The Kier molecular flexibility index (Phi) is 10.1. The van der Waals surface area contributed by atoms with E-state index in [2.05, 4.69) is 38.9 Å².